The van der Waals surface area contributed by atoms with E-state index in [9.17, 15) is 13.2 Å². The Bertz CT molecular complexity index is 481. The van der Waals surface area contributed by atoms with Gasteiger partial charge < -0.3 is 10.6 Å². The van der Waals surface area contributed by atoms with Gasteiger partial charge in [-0.05, 0) is 50.0 Å². The molecule has 0 aromatic heterocycles. The Balaban J connectivity index is 2.65. The normalized spacial score (nSPS) is 12.5. The standard InChI is InChI=1S/C17H25F3N2/c1-3-10-22(2)11-6-4-5-7-15-9-8-14(13-21)12-16(15)17(18,19)20/h4-5,8-9,12H,3,6-7,10-11,13,21H2,1-2H3. The Labute approximate surface area is 130 Å². The van der Waals surface area contributed by atoms with Crippen LogP contribution in [0.15, 0.2) is 30.4 Å². The number of benzene rings is 1. The van der Waals surface area contributed by atoms with Crippen molar-refractivity contribution in [3.63, 3.8) is 0 Å². The zero-order chi connectivity index (χ0) is 16.6. The third kappa shape index (κ3) is 6.20. The summed E-state index contributed by atoms with van der Waals surface area (Å²) in [5.74, 6) is 0. The van der Waals surface area contributed by atoms with Gasteiger partial charge in [-0.2, -0.15) is 13.2 Å². The Kier molecular flexibility index (Phi) is 7.62. The van der Waals surface area contributed by atoms with Crippen LogP contribution < -0.4 is 5.73 Å². The minimum Gasteiger partial charge on any atom is -0.326 e. The van der Waals surface area contributed by atoms with E-state index < -0.39 is 11.7 Å². The number of halogens is 3. The van der Waals surface area contributed by atoms with E-state index in [0.717, 1.165) is 32.0 Å². The highest BCUT2D eigenvalue weighted by atomic mass is 19.4. The van der Waals surface area contributed by atoms with Crippen molar-refractivity contribution < 1.29 is 13.2 Å². The second-order valence-corrected chi connectivity index (χ2v) is 5.46. The van der Waals surface area contributed by atoms with E-state index in [0.29, 0.717) is 11.1 Å². The molecular formula is C17H25F3N2. The fraction of sp³-hybridized carbons (Fsp3) is 0.529. The highest BCUT2D eigenvalue weighted by Gasteiger charge is 2.33. The van der Waals surface area contributed by atoms with Crippen molar-refractivity contribution in [2.75, 3.05) is 20.1 Å². The van der Waals surface area contributed by atoms with Crippen LogP contribution in [0.4, 0.5) is 13.2 Å². The molecule has 5 heteroatoms. The van der Waals surface area contributed by atoms with Gasteiger partial charge >= 0.3 is 6.18 Å². The molecule has 0 saturated carbocycles. The monoisotopic (exact) mass is 314 g/mol. The molecule has 0 aliphatic carbocycles. The van der Waals surface area contributed by atoms with Crippen LogP contribution in [0.1, 0.15) is 36.5 Å². The minimum atomic E-state index is -4.34. The minimum absolute atomic E-state index is 0.114. The van der Waals surface area contributed by atoms with Crippen molar-refractivity contribution in [2.45, 2.75) is 38.9 Å². The highest BCUT2D eigenvalue weighted by molar-refractivity contribution is 5.35. The molecule has 0 amide bonds. The molecule has 0 spiro atoms. The molecule has 0 bridgehead atoms. The van der Waals surface area contributed by atoms with Crippen molar-refractivity contribution in [1.82, 2.24) is 4.90 Å². The van der Waals surface area contributed by atoms with E-state index in [1.54, 1.807) is 6.07 Å². The van der Waals surface area contributed by atoms with Gasteiger partial charge in [-0.25, -0.2) is 0 Å². The Morgan fingerprint density at radius 1 is 1.18 bits per heavy atom. The lowest BCUT2D eigenvalue weighted by molar-refractivity contribution is -0.138. The summed E-state index contributed by atoms with van der Waals surface area (Å²) in [6.45, 7) is 4.19. The quantitative estimate of drug-likeness (QED) is 0.735. The van der Waals surface area contributed by atoms with E-state index in [1.165, 1.54) is 6.07 Å². The molecule has 1 aromatic rings. The van der Waals surface area contributed by atoms with E-state index in [1.807, 2.05) is 19.2 Å². The van der Waals surface area contributed by atoms with Gasteiger partial charge in [-0.1, -0.05) is 31.2 Å². The van der Waals surface area contributed by atoms with E-state index in [4.69, 9.17) is 5.73 Å². The molecule has 0 heterocycles. The zero-order valence-electron chi connectivity index (χ0n) is 13.3. The lowest BCUT2D eigenvalue weighted by Crippen LogP contribution is -2.19. The Morgan fingerprint density at radius 3 is 2.50 bits per heavy atom. The maximum atomic E-state index is 13.1. The first-order chi connectivity index (χ1) is 10.4. The number of alkyl halides is 3. The van der Waals surface area contributed by atoms with Crippen molar-refractivity contribution in [3.05, 3.63) is 47.0 Å². The van der Waals surface area contributed by atoms with E-state index >= 15 is 0 Å². The molecule has 1 rings (SSSR count). The SMILES string of the molecule is CCCN(C)CCC=CCc1ccc(CN)cc1C(F)(F)F. The molecule has 2 N–H and O–H groups in total. The van der Waals surface area contributed by atoms with Gasteiger partial charge in [0.1, 0.15) is 0 Å². The Morgan fingerprint density at radius 2 is 1.91 bits per heavy atom. The first-order valence-electron chi connectivity index (χ1n) is 7.61. The maximum Gasteiger partial charge on any atom is 0.416 e. The fourth-order valence-corrected chi connectivity index (χ4v) is 2.31. The summed E-state index contributed by atoms with van der Waals surface area (Å²) in [4.78, 5) is 2.21. The van der Waals surface area contributed by atoms with E-state index in [-0.39, 0.29) is 13.0 Å². The van der Waals surface area contributed by atoms with Gasteiger partial charge in [0.25, 0.3) is 0 Å². The maximum absolute atomic E-state index is 13.1. The third-order valence-electron chi connectivity index (χ3n) is 3.50. The van der Waals surface area contributed by atoms with Gasteiger partial charge in [0.05, 0.1) is 5.56 Å². The van der Waals surface area contributed by atoms with Gasteiger partial charge in [0.2, 0.25) is 0 Å². The molecule has 22 heavy (non-hydrogen) atoms. The molecule has 0 unspecified atom stereocenters. The summed E-state index contributed by atoms with van der Waals surface area (Å²) >= 11 is 0. The second-order valence-electron chi connectivity index (χ2n) is 5.46. The number of nitrogens with two attached hydrogens (primary N) is 1. The topological polar surface area (TPSA) is 29.3 Å². The lowest BCUT2D eigenvalue weighted by atomic mass is 10.0. The molecule has 0 atom stereocenters. The van der Waals surface area contributed by atoms with Crippen LogP contribution >= 0.6 is 0 Å². The van der Waals surface area contributed by atoms with Crippen LogP contribution in [0.25, 0.3) is 0 Å². The van der Waals surface area contributed by atoms with Crippen LogP contribution in [0.2, 0.25) is 0 Å². The Hall–Kier alpha value is -1.33. The van der Waals surface area contributed by atoms with E-state index in [2.05, 4.69) is 11.8 Å². The summed E-state index contributed by atoms with van der Waals surface area (Å²) in [5.41, 5.74) is 5.63. The smallest absolute Gasteiger partial charge is 0.326 e. The third-order valence-corrected chi connectivity index (χ3v) is 3.50. The van der Waals surface area contributed by atoms with Gasteiger partial charge in [0.15, 0.2) is 0 Å². The van der Waals surface area contributed by atoms with Crippen LogP contribution in [0.5, 0.6) is 0 Å². The summed E-state index contributed by atoms with van der Waals surface area (Å²) in [6.07, 6.45) is 1.66. The summed E-state index contributed by atoms with van der Waals surface area (Å²) in [7, 11) is 2.05. The number of hydrogen-bond acceptors (Lipinski definition) is 2. The molecule has 1 aromatic carbocycles. The van der Waals surface area contributed by atoms with Crippen molar-refractivity contribution >= 4 is 0 Å². The molecular weight excluding hydrogens is 289 g/mol. The lowest BCUT2D eigenvalue weighted by Gasteiger charge is -2.14. The predicted molar refractivity (Wildman–Crippen MR) is 84.6 cm³/mol. The average molecular weight is 314 g/mol. The molecule has 0 saturated heterocycles. The number of allylic oxidation sites excluding steroid dienone is 1. The first kappa shape index (κ1) is 18.7. The van der Waals surface area contributed by atoms with Gasteiger partial charge in [-0.3, -0.25) is 0 Å². The highest BCUT2D eigenvalue weighted by Crippen LogP contribution is 2.33. The fourth-order valence-electron chi connectivity index (χ4n) is 2.31. The summed E-state index contributed by atoms with van der Waals surface area (Å²) < 4.78 is 39.2. The second kappa shape index (κ2) is 8.96. The van der Waals surface area contributed by atoms with Crippen LogP contribution in [-0.2, 0) is 19.1 Å². The average Bonchev–Trinajstić information content (AvgIpc) is 2.46. The first-order valence-corrected chi connectivity index (χ1v) is 7.61. The molecule has 0 aliphatic rings. The number of hydrogen-bond donors (Lipinski definition) is 1. The summed E-state index contributed by atoms with van der Waals surface area (Å²) in [6, 6.07) is 4.34. The zero-order valence-corrected chi connectivity index (χ0v) is 13.3. The van der Waals surface area contributed by atoms with Crippen molar-refractivity contribution in [3.8, 4) is 0 Å². The molecule has 0 aliphatic heterocycles. The number of nitrogens with zero attached hydrogens (tertiary/aromatic N) is 1. The van der Waals surface area contributed by atoms with Gasteiger partial charge in [-0.15, -0.1) is 0 Å². The molecule has 124 valence electrons. The largest absolute Gasteiger partial charge is 0.416 e. The summed E-state index contributed by atoms with van der Waals surface area (Å²) in [5, 5.41) is 0. The molecule has 2 nitrogen and oxygen atoms in total. The van der Waals surface area contributed by atoms with Crippen molar-refractivity contribution in [2.24, 2.45) is 5.73 Å². The van der Waals surface area contributed by atoms with Crippen molar-refractivity contribution in [1.29, 1.82) is 0 Å². The molecule has 0 radical (unpaired) electrons. The van der Waals surface area contributed by atoms with Crippen LogP contribution in [0.3, 0.4) is 0 Å². The van der Waals surface area contributed by atoms with Crippen LogP contribution in [-0.4, -0.2) is 25.0 Å². The molecule has 0 fully saturated rings. The predicted octanol–water partition coefficient (Wildman–Crippen LogP) is 3.99. The number of rotatable bonds is 8. The van der Waals surface area contributed by atoms with Gasteiger partial charge in [0, 0.05) is 13.1 Å². The van der Waals surface area contributed by atoms with Crippen LogP contribution in [0, 0.1) is 0 Å².